The van der Waals surface area contributed by atoms with Crippen LogP contribution in [0.3, 0.4) is 0 Å². The fourth-order valence-electron chi connectivity index (χ4n) is 1.63. The maximum Gasteiger partial charge on any atom is 0.0403 e. The van der Waals surface area contributed by atoms with E-state index in [4.69, 9.17) is 5.73 Å². The summed E-state index contributed by atoms with van der Waals surface area (Å²) in [7, 11) is 0. The van der Waals surface area contributed by atoms with Crippen LogP contribution in [-0.4, -0.2) is 5.54 Å². The summed E-state index contributed by atoms with van der Waals surface area (Å²) in [4.78, 5) is 0. The lowest BCUT2D eigenvalue weighted by Gasteiger charge is -2.33. The summed E-state index contributed by atoms with van der Waals surface area (Å²) in [6.07, 6.45) is 10.6. The first-order valence-electron chi connectivity index (χ1n) is 4.38. The lowest BCUT2D eigenvalue weighted by atomic mass is 9.78. The maximum absolute atomic E-state index is 6.18. The van der Waals surface area contributed by atoms with Crippen LogP contribution in [0, 0.1) is 5.92 Å². The van der Waals surface area contributed by atoms with E-state index in [1.54, 1.807) is 0 Å². The summed E-state index contributed by atoms with van der Waals surface area (Å²) >= 11 is 0. The van der Waals surface area contributed by atoms with Gasteiger partial charge in [-0.1, -0.05) is 38.2 Å². The topological polar surface area (TPSA) is 26.0 Å². The highest BCUT2D eigenvalue weighted by atomic mass is 14.7. The van der Waals surface area contributed by atoms with Gasteiger partial charge in [-0.25, -0.2) is 0 Å². The van der Waals surface area contributed by atoms with Crippen LogP contribution in [0.15, 0.2) is 24.3 Å². The lowest BCUT2D eigenvalue weighted by molar-refractivity contribution is 0.369. The normalized spacial score (nSPS) is 36.1. The van der Waals surface area contributed by atoms with Crippen molar-refractivity contribution in [3.8, 4) is 0 Å². The van der Waals surface area contributed by atoms with Crippen molar-refractivity contribution in [3.05, 3.63) is 24.3 Å². The average molecular weight is 151 g/mol. The first-order valence-corrected chi connectivity index (χ1v) is 4.38. The van der Waals surface area contributed by atoms with E-state index in [1.807, 2.05) is 0 Å². The smallest absolute Gasteiger partial charge is 0.0403 e. The Balaban J connectivity index is 2.77. The fourth-order valence-corrected chi connectivity index (χ4v) is 1.63. The highest BCUT2D eigenvalue weighted by Gasteiger charge is 2.28. The molecule has 0 fully saturated rings. The Morgan fingerprint density at radius 3 is 2.55 bits per heavy atom. The second-order valence-corrected chi connectivity index (χ2v) is 3.22. The van der Waals surface area contributed by atoms with Crippen LogP contribution in [0.25, 0.3) is 0 Å². The van der Waals surface area contributed by atoms with Gasteiger partial charge in [-0.2, -0.15) is 0 Å². The van der Waals surface area contributed by atoms with E-state index in [9.17, 15) is 0 Å². The third-order valence-electron chi connectivity index (χ3n) is 2.60. The minimum absolute atomic E-state index is 0.0799. The molecule has 0 saturated heterocycles. The molecule has 0 aromatic rings. The van der Waals surface area contributed by atoms with Crippen molar-refractivity contribution < 1.29 is 0 Å². The molecule has 11 heavy (non-hydrogen) atoms. The third-order valence-corrected chi connectivity index (χ3v) is 2.60. The van der Waals surface area contributed by atoms with Crippen LogP contribution in [0.4, 0.5) is 0 Å². The molecule has 0 saturated carbocycles. The monoisotopic (exact) mass is 151 g/mol. The number of rotatable bonds is 2. The van der Waals surface area contributed by atoms with Gasteiger partial charge in [0.25, 0.3) is 0 Å². The molecule has 0 amide bonds. The quantitative estimate of drug-likeness (QED) is 0.643. The highest BCUT2D eigenvalue weighted by molar-refractivity contribution is 5.23. The van der Waals surface area contributed by atoms with Gasteiger partial charge in [0.15, 0.2) is 0 Å². The van der Waals surface area contributed by atoms with Crippen molar-refractivity contribution in [2.45, 2.75) is 32.2 Å². The molecular formula is C10H17N. The predicted molar refractivity (Wildman–Crippen MR) is 49.3 cm³/mol. The van der Waals surface area contributed by atoms with Crippen LogP contribution >= 0.6 is 0 Å². The molecule has 2 N–H and O–H groups in total. The van der Waals surface area contributed by atoms with E-state index < -0.39 is 0 Å². The highest BCUT2D eigenvalue weighted by Crippen LogP contribution is 2.27. The molecule has 1 heteroatoms. The number of hydrogen-bond donors (Lipinski definition) is 1. The molecule has 2 atom stereocenters. The molecule has 2 unspecified atom stereocenters. The Kier molecular flexibility index (Phi) is 2.50. The molecule has 1 aliphatic carbocycles. The SMILES string of the molecule is CCC1C=CC=CC1(N)CC. The van der Waals surface area contributed by atoms with Crippen molar-refractivity contribution in [2.24, 2.45) is 11.7 Å². The zero-order chi connectivity index (χ0) is 8.32. The van der Waals surface area contributed by atoms with E-state index in [0.717, 1.165) is 12.8 Å². The zero-order valence-electron chi connectivity index (χ0n) is 7.38. The molecule has 0 aromatic heterocycles. The van der Waals surface area contributed by atoms with E-state index >= 15 is 0 Å². The van der Waals surface area contributed by atoms with Crippen LogP contribution in [0.2, 0.25) is 0 Å². The molecular weight excluding hydrogens is 134 g/mol. The molecule has 62 valence electrons. The Bertz CT molecular complexity index is 181. The van der Waals surface area contributed by atoms with Gasteiger partial charge >= 0.3 is 0 Å². The maximum atomic E-state index is 6.18. The molecule has 0 aliphatic heterocycles. The number of nitrogens with two attached hydrogens (primary N) is 1. The van der Waals surface area contributed by atoms with Gasteiger partial charge in [-0.15, -0.1) is 0 Å². The third kappa shape index (κ3) is 1.54. The van der Waals surface area contributed by atoms with E-state index in [2.05, 4.69) is 38.2 Å². The summed E-state index contributed by atoms with van der Waals surface area (Å²) in [5.74, 6) is 0.525. The average Bonchev–Trinajstić information content (AvgIpc) is 2.05. The molecule has 0 spiro atoms. The second kappa shape index (κ2) is 3.22. The molecule has 0 aromatic carbocycles. The van der Waals surface area contributed by atoms with E-state index in [-0.39, 0.29) is 5.54 Å². The van der Waals surface area contributed by atoms with Crippen molar-refractivity contribution in [2.75, 3.05) is 0 Å². The van der Waals surface area contributed by atoms with Crippen LogP contribution in [0.1, 0.15) is 26.7 Å². The van der Waals surface area contributed by atoms with Crippen molar-refractivity contribution >= 4 is 0 Å². The van der Waals surface area contributed by atoms with Gasteiger partial charge < -0.3 is 5.73 Å². The van der Waals surface area contributed by atoms with Crippen LogP contribution in [0.5, 0.6) is 0 Å². The van der Waals surface area contributed by atoms with E-state index in [0.29, 0.717) is 5.92 Å². The van der Waals surface area contributed by atoms with Crippen molar-refractivity contribution in [1.29, 1.82) is 0 Å². The van der Waals surface area contributed by atoms with Crippen LogP contribution < -0.4 is 5.73 Å². The standard InChI is InChI=1S/C10H17N/c1-3-9-7-5-6-8-10(9,11)4-2/h5-9H,3-4,11H2,1-2H3. The lowest BCUT2D eigenvalue weighted by Crippen LogP contribution is -2.44. The summed E-state index contributed by atoms with van der Waals surface area (Å²) in [6, 6.07) is 0. The summed E-state index contributed by atoms with van der Waals surface area (Å²) in [5.41, 5.74) is 6.10. The minimum atomic E-state index is -0.0799. The fraction of sp³-hybridized carbons (Fsp3) is 0.600. The number of allylic oxidation sites excluding steroid dienone is 2. The minimum Gasteiger partial charge on any atom is -0.321 e. The van der Waals surface area contributed by atoms with Crippen LogP contribution in [-0.2, 0) is 0 Å². The van der Waals surface area contributed by atoms with Gasteiger partial charge in [0.05, 0.1) is 0 Å². The van der Waals surface area contributed by atoms with Gasteiger partial charge in [0.2, 0.25) is 0 Å². The predicted octanol–water partition coefficient (Wildman–Crippen LogP) is 2.25. The summed E-state index contributed by atoms with van der Waals surface area (Å²) in [6.45, 7) is 4.33. The second-order valence-electron chi connectivity index (χ2n) is 3.22. The number of hydrogen-bond acceptors (Lipinski definition) is 1. The first kappa shape index (κ1) is 8.54. The largest absolute Gasteiger partial charge is 0.321 e. The Labute approximate surface area is 69.0 Å². The van der Waals surface area contributed by atoms with Gasteiger partial charge in [0.1, 0.15) is 0 Å². The molecule has 1 nitrogen and oxygen atoms in total. The molecule has 1 rings (SSSR count). The molecule has 1 aliphatic rings. The van der Waals surface area contributed by atoms with Crippen molar-refractivity contribution in [3.63, 3.8) is 0 Å². The van der Waals surface area contributed by atoms with Gasteiger partial charge in [-0.05, 0) is 18.8 Å². The first-order chi connectivity index (χ1) is 5.23. The molecule has 0 radical (unpaired) electrons. The zero-order valence-corrected chi connectivity index (χ0v) is 7.38. The van der Waals surface area contributed by atoms with E-state index in [1.165, 1.54) is 0 Å². The molecule has 0 bridgehead atoms. The van der Waals surface area contributed by atoms with Crippen molar-refractivity contribution in [1.82, 2.24) is 0 Å². The summed E-state index contributed by atoms with van der Waals surface area (Å²) < 4.78 is 0. The summed E-state index contributed by atoms with van der Waals surface area (Å²) in [5, 5.41) is 0. The van der Waals surface area contributed by atoms with Gasteiger partial charge in [-0.3, -0.25) is 0 Å². The Morgan fingerprint density at radius 2 is 2.09 bits per heavy atom. The van der Waals surface area contributed by atoms with Gasteiger partial charge in [0, 0.05) is 5.54 Å². The Morgan fingerprint density at radius 1 is 1.36 bits per heavy atom. The Hall–Kier alpha value is -0.560. The molecule has 0 heterocycles.